The Bertz CT molecular complexity index is 458. The highest BCUT2D eigenvalue weighted by Gasteiger charge is 2.15. The van der Waals surface area contributed by atoms with Crippen LogP contribution in [0.1, 0.15) is 45.1 Å². The topological polar surface area (TPSA) is 26.3 Å². The molecule has 0 atom stereocenters. The maximum Gasteiger partial charge on any atom is 0.158 e. The van der Waals surface area contributed by atoms with Gasteiger partial charge in [-0.1, -0.05) is 18.2 Å². The van der Waals surface area contributed by atoms with Crippen LogP contribution >= 0.6 is 0 Å². The molecule has 0 aliphatic heterocycles. The Morgan fingerprint density at radius 2 is 1.89 bits per heavy atom. The Hall–Kier alpha value is -1.57. The lowest BCUT2D eigenvalue weighted by molar-refractivity contribution is -0.116. The fourth-order valence-electron chi connectivity index (χ4n) is 2.20. The zero-order chi connectivity index (χ0) is 13.0. The molecular weight excluding hydrogens is 224 g/mol. The van der Waals surface area contributed by atoms with Crippen molar-refractivity contribution in [2.45, 2.75) is 45.6 Å². The summed E-state index contributed by atoms with van der Waals surface area (Å²) in [5.74, 6) is 1.15. The summed E-state index contributed by atoms with van der Waals surface area (Å²) in [4.78, 5) is 11.8. The second kappa shape index (κ2) is 5.85. The first-order valence-corrected chi connectivity index (χ1v) is 6.66. The van der Waals surface area contributed by atoms with Gasteiger partial charge in [-0.2, -0.15) is 0 Å². The van der Waals surface area contributed by atoms with E-state index in [-0.39, 0.29) is 6.10 Å². The smallest absolute Gasteiger partial charge is 0.158 e. The Labute approximate surface area is 109 Å². The lowest BCUT2D eigenvalue weighted by atomic mass is 9.92. The van der Waals surface area contributed by atoms with E-state index in [2.05, 4.69) is 0 Å². The van der Waals surface area contributed by atoms with Crippen molar-refractivity contribution in [3.63, 3.8) is 0 Å². The normalized spacial score (nSPS) is 18.4. The first kappa shape index (κ1) is 12.9. The van der Waals surface area contributed by atoms with Gasteiger partial charge in [0.2, 0.25) is 0 Å². The molecule has 1 aliphatic carbocycles. The molecule has 0 saturated heterocycles. The summed E-state index contributed by atoms with van der Waals surface area (Å²) in [7, 11) is 0. The average Bonchev–Trinajstić information content (AvgIpc) is 2.34. The summed E-state index contributed by atoms with van der Waals surface area (Å²) in [5.41, 5.74) is 1.96. The van der Waals surface area contributed by atoms with Gasteiger partial charge in [-0.05, 0) is 50.8 Å². The molecule has 0 bridgehead atoms. The van der Waals surface area contributed by atoms with E-state index in [4.69, 9.17) is 4.74 Å². The molecule has 2 heteroatoms. The second-order valence-corrected chi connectivity index (χ2v) is 5.00. The first-order valence-electron chi connectivity index (χ1n) is 6.66. The van der Waals surface area contributed by atoms with Crippen LogP contribution in [0.3, 0.4) is 0 Å². The third kappa shape index (κ3) is 3.22. The molecule has 1 aliphatic rings. The number of Topliss-reactive ketones (excluding diaryl/α,β-unsaturated/α-hetero) is 1. The van der Waals surface area contributed by atoms with Gasteiger partial charge in [0.25, 0.3) is 0 Å². The Kier molecular flexibility index (Phi) is 4.19. The van der Waals surface area contributed by atoms with E-state index in [1.165, 1.54) is 0 Å². The third-order valence-corrected chi connectivity index (χ3v) is 3.07. The number of allylic oxidation sites excluding steroid dienone is 1. The third-order valence-electron chi connectivity index (χ3n) is 3.07. The molecule has 18 heavy (non-hydrogen) atoms. The van der Waals surface area contributed by atoms with Gasteiger partial charge < -0.3 is 4.74 Å². The lowest BCUT2D eigenvalue weighted by Gasteiger charge is -2.15. The Balaban J connectivity index is 2.27. The van der Waals surface area contributed by atoms with Gasteiger partial charge in [0.05, 0.1) is 6.10 Å². The molecule has 0 aromatic heterocycles. The maximum absolute atomic E-state index is 11.8. The first-order chi connectivity index (χ1) is 8.66. The molecule has 2 nitrogen and oxygen atoms in total. The molecule has 1 saturated carbocycles. The summed E-state index contributed by atoms with van der Waals surface area (Å²) < 4.78 is 5.77. The van der Waals surface area contributed by atoms with Crippen molar-refractivity contribution in [3.8, 4) is 5.75 Å². The average molecular weight is 244 g/mol. The predicted octanol–water partition coefficient (Wildman–Crippen LogP) is 4.00. The van der Waals surface area contributed by atoms with Gasteiger partial charge in [0.1, 0.15) is 5.75 Å². The zero-order valence-corrected chi connectivity index (χ0v) is 11.1. The fourth-order valence-corrected chi connectivity index (χ4v) is 2.20. The fraction of sp³-hybridized carbons (Fsp3) is 0.438. The Morgan fingerprint density at radius 1 is 1.17 bits per heavy atom. The van der Waals surface area contributed by atoms with Crippen molar-refractivity contribution in [1.29, 1.82) is 0 Å². The number of carbonyl (C=O) groups is 1. The number of benzene rings is 1. The van der Waals surface area contributed by atoms with E-state index < -0.39 is 0 Å². The maximum atomic E-state index is 11.8. The van der Waals surface area contributed by atoms with Gasteiger partial charge in [-0.15, -0.1) is 0 Å². The largest absolute Gasteiger partial charge is 0.490 e. The predicted molar refractivity (Wildman–Crippen MR) is 73.7 cm³/mol. The molecule has 0 spiro atoms. The van der Waals surface area contributed by atoms with Gasteiger partial charge in [-0.25, -0.2) is 0 Å². The number of hydrogen-bond donors (Lipinski definition) is 0. The molecule has 0 heterocycles. The molecule has 1 fully saturated rings. The highest BCUT2D eigenvalue weighted by Crippen LogP contribution is 2.26. The summed E-state index contributed by atoms with van der Waals surface area (Å²) in [5, 5.41) is 0. The highest BCUT2D eigenvalue weighted by atomic mass is 16.5. The van der Waals surface area contributed by atoms with Crippen molar-refractivity contribution < 1.29 is 9.53 Å². The lowest BCUT2D eigenvalue weighted by Crippen LogP contribution is -2.09. The molecular formula is C16H20O2. The number of hydrogen-bond acceptors (Lipinski definition) is 2. The number of carbonyl (C=O) groups excluding carboxylic acids is 1. The summed E-state index contributed by atoms with van der Waals surface area (Å²) in [6.45, 7) is 4.02. The monoisotopic (exact) mass is 244 g/mol. The van der Waals surface area contributed by atoms with E-state index in [9.17, 15) is 4.79 Å². The second-order valence-electron chi connectivity index (χ2n) is 5.00. The van der Waals surface area contributed by atoms with Gasteiger partial charge >= 0.3 is 0 Å². The van der Waals surface area contributed by atoms with E-state index >= 15 is 0 Å². The van der Waals surface area contributed by atoms with Gasteiger partial charge in [-0.3, -0.25) is 4.79 Å². The number of ketones is 1. The summed E-state index contributed by atoms with van der Waals surface area (Å²) in [6, 6.07) is 7.90. The minimum absolute atomic E-state index is 0.145. The molecule has 0 amide bonds. The molecule has 2 rings (SSSR count). The molecule has 0 N–H and O–H groups in total. The SMILES string of the molecule is CC(C)Oc1ccccc1/C=C1\CCCCC1=O. The van der Waals surface area contributed by atoms with Crippen LogP contribution in [0.25, 0.3) is 6.08 Å². The van der Waals surface area contributed by atoms with Crippen LogP contribution in [-0.4, -0.2) is 11.9 Å². The molecule has 1 aromatic carbocycles. The standard InChI is InChI=1S/C16H20O2/c1-12(2)18-16-10-6-4-8-14(16)11-13-7-3-5-9-15(13)17/h4,6,8,10-12H,3,5,7,9H2,1-2H3/b13-11+. The van der Waals surface area contributed by atoms with Gasteiger partial charge in [0, 0.05) is 12.0 Å². The van der Waals surface area contributed by atoms with Crippen LogP contribution in [-0.2, 0) is 4.79 Å². The molecule has 96 valence electrons. The molecule has 0 unspecified atom stereocenters. The Morgan fingerprint density at radius 3 is 2.61 bits per heavy atom. The highest BCUT2D eigenvalue weighted by molar-refractivity contribution is 6.00. The summed E-state index contributed by atoms with van der Waals surface area (Å²) in [6.07, 6.45) is 5.88. The number of para-hydroxylation sites is 1. The van der Waals surface area contributed by atoms with E-state index in [1.807, 2.05) is 44.2 Å². The quantitative estimate of drug-likeness (QED) is 0.751. The number of rotatable bonds is 3. The summed E-state index contributed by atoms with van der Waals surface area (Å²) >= 11 is 0. The van der Waals surface area contributed by atoms with Crippen molar-refractivity contribution in [2.75, 3.05) is 0 Å². The van der Waals surface area contributed by atoms with Crippen molar-refractivity contribution in [3.05, 3.63) is 35.4 Å². The van der Waals surface area contributed by atoms with E-state index in [1.54, 1.807) is 0 Å². The minimum Gasteiger partial charge on any atom is -0.490 e. The van der Waals surface area contributed by atoms with Crippen LogP contribution in [0, 0.1) is 0 Å². The minimum atomic E-state index is 0.145. The van der Waals surface area contributed by atoms with Crippen molar-refractivity contribution in [2.24, 2.45) is 0 Å². The van der Waals surface area contributed by atoms with Crippen molar-refractivity contribution in [1.82, 2.24) is 0 Å². The zero-order valence-electron chi connectivity index (χ0n) is 11.1. The number of ether oxygens (including phenoxy) is 1. The van der Waals surface area contributed by atoms with Crippen LogP contribution in [0.15, 0.2) is 29.8 Å². The van der Waals surface area contributed by atoms with Crippen molar-refractivity contribution >= 4 is 11.9 Å². The molecule has 0 radical (unpaired) electrons. The van der Waals surface area contributed by atoms with E-state index in [0.717, 1.165) is 36.1 Å². The molecule has 1 aromatic rings. The van der Waals surface area contributed by atoms with Gasteiger partial charge in [0.15, 0.2) is 5.78 Å². The van der Waals surface area contributed by atoms with Crippen LogP contribution in [0.2, 0.25) is 0 Å². The van der Waals surface area contributed by atoms with Crippen LogP contribution < -0.4 is 4.74 Å². The van der Waals surface area contributed by atoms with Crippen LogP contribution in [0.4, 0.5) is 0 Å². The van der Waals surface area contributed by atoms with Crippen LogP contribution in [0.5, 0.6) is 5.75 Å². The van der Waals surface area contributed by atoms with E-state index in [0.29, 0.717) is 12.2 Å².